The molecular weight excluding hydrogens is 629 g/mol. The van der Waals surface area contributed by atoms with Crippen molar-refractivity contribution in [2.75, 3.05) is 53.0 Å². The van der Waals surface area contributed by atoms with Gasteiger partial charge in [-0.1, -0.05) is 36.4 Å². The van der Waals surface area contributed by atoms with Gasteiger partial charge in [0.05, 0.1) is 30.8 Å². The van der Waals surface area contributed by atoms with Gasteiger partial charge in [-0.05, 0) is 42.2 Å². The second kappa shape index (κ2) is 14.1. The van der Waals surface area contributed by atoms with Gasteiger partial charge < -0.3 is 23.9 Å². The van der Waals surface area contributed by atoms with Crippen molar-refractivity contribution in [2.24, 2.45) is 0 Å². The average Bonchev–Trinajstić information content (AvgIpc) is 3.44. The molecule has 0 spiro atoms. The molecule has 0 amide bonds. The van der Waals surface area contributed by atoms with Gasteiger partial charge in [-0.25, -0.2) is 0 Å². The fourth-order valence-electron chi connectivity index (χ4n) is 6.58. The summed E-state index contributed by atoms with van der Waals surface area (Å²) in [6.07, 6.45) is -3.08. The predicted octanol–water partition coefficient (Wildman–Crippen LogP) is 5.73. The molecule has 0 radical (unpaired) electrons. The number of nitro groups is 1. The number of rotatable bonds is 11. The number of halogens is 3. The topological polar surface area (TPSA) is 102 Å². The van der Waals surface area contributed by atoms with Crippen LogP contribution in [0.3, 0.4) is 0 Å². The van der Waals surface area contributed by atoms with E-state index in [9.17, 15) is 28.4 Å². The minimum Gasteiger partial charge on any atom is -0.493 e. The van der Waals surface area contributed by atoms with Crippen molar-refractivity contribution >= 4 is 16.6 Å². The molecule has 0 aliphatic carbocycles. The first-order valence-electron chi connectivity index (χ1n) is 16.0. The van der Waals surface area contributed by atoms with E-state index in [4.69, 9.17) is 14.2 Å². The van der Waals surface area contributed by atoms with Crippen molar-refractivity contribution in [3.8, 4) is 11.5 Å². The summed E-state index contributed by atoms with van der Waals surface area (Å²) < 4.78 is 63.5. The molecule has 1 N–H and O–H groups in total. The summed E-state index contributed by atoms with van der Waals surface area (Å²) in [5.41, 5.74) is -1.69. The molecule has 1 atom stereocenters. The van der Waals surface area contributed by atoms with Gasteiger partial charge in [-0.15, -0.1) is 0 Å². The van der Waals surface area contributed by atoms with Gasteiger partial charge in [0.25, 0.3) is 5.69 Å². The number of nitro benzene ring substituents is 1. The van der Waals surface area contributed by atoms with Gasteiger partial charge in [0.15, 0.2) is 11.5 Å². The summed E-state index contributed by atoms with van der Waals surface area (Å²) in [7, 11) is 1.58. The van der Waals surface area contributed by atoms with E-state index in [0.717, 1.165) is 30.8 Å². The van der Waals surface area contributed by atoms with E-state index >= 15 is 0 Å². The second-order valence-electron chi connectivity index (χ2n) is 12.4. The molecule has 48 heavy (non-hydrogen) atoms. The molecule has 0 saturated carbocycles. The van der Waals surface area contributed by atoms with Crippen molar-refractivity contribution in [3.05, 3.63) is 99.7 Å². The zero-order valence-electron chi connectivity index (χ0n) is 26.7. The Bertz CT molecular complexity index is 1720. The van der Waals surface area contributed by atoms with Crippen LogP contribution in [0.1, 0.15) is 29.5 Å². The number of piperidine rings is 1. The molecular formula is C35H39F3N4O6. The summed E-state index contributed by atoms with van der Waals surface area (Å²) in [5, 5.41) is 23.2. The lowest BCUT2D eigenvalue weighted by Crippen LogP contribution is -2.53. The van der Waals surface area contributed by atoms with Crippen LogP contribution in [0.15, 0.2) is 72.9 Å². The van der Waals surface area contributed by atoms with Crippen LogP contribution in [0.25, 0.3) is 10.9 Å². The average molecular weight is 669 g/mol. The van der Waals surface area contributed by atoms with Gasteiger partial charge in [0, 0.05) is 75.1 Å². The van der Waals surface area contributed by atoms with E-state index in [2.05, 4.69) is 4.90 Å². The lowest BCUT2D eigenvalue weighted by atomic mass is 9.91. The van der Waals surface area contributed by atoms with Crippen molar-refractivity contribution in [3.63, 3.8) is 0 Å². The third kappa shape index (κ3) is 7.29. The third-order valence-corrected chi connectivity index (χ3v) is 9.21. The standard InChI is InChI=1S/C35H39F3N4O6/c1-46-33-19-26(21-39-15-17-47-18-16-39)7-10-32(33)48-28-11-13-40(14-12-28)24-34(43,35(36,37)38)30-23-41(22-25-5-3-2-4-6-25)31-20-27(42(44)45)8-9-29(30)31/h2-10,19-20,23,28,43H,11-18,21-22,24H2,1H3. The maximum absolute atomic E-state index is 14.9. The number of hydrogen-bond donors (Lipinski definition) is 1. The first kappa shape index (κ1) is 33.7. The normalized spacial score (nSPS) is 18.1. The quantitative estimate of drug-likeness (QED) is 0.160. The van der Waals surface area contributed by atoms with E-state index in [1.165, 1.54) is 29.0 Å². The first-order chi connectivity index (χ1) is 23.0. The molecule has 6 rings (SSSR count). The van der Waals surface area contributed by atoms with E-state index in [-0.39, 0.29) is 47.9 Å². The number of benzene rings is 3. The monoisotopic (exact) mass is 668 g/mol. The Morgan fingerprint density at radius 3 is 2.31 bits per heavy atom. The maximum atomic E-state index is 14.9. The number of β-amino-alcohol motifs (C(OH)–C–C–N with tert-alkyl or cyclic N) is 1. The van der Waals surface area contributed by atoms with Gasteiger partial charge >= 0.3 is 6.18 Å². The van der Waals surface area contributed by atoms with Gasteiger partial charge in [-0.3, -0.25) is 19.9 Å². The van der Waals surface area contributed by atoms with Crippen LogP contribution >= 0.6 is 0 Å². The number of likely N-dealkylation sites (tertiary alicyclic amines) is 1. The van der Waals surface area contributed by atoms with E-state index in [1.54, 1.807) is 12.0 Å². The molecule has 4 aromatic rings. The van der Waals surface area contributed by atoms with Crippen molar-refractivity contribution < 1.29 is 37.4 Å². The van der Waals surface area contributed by atoms with E-state index in [1.807, 2.05) is 48.5 Å². The number of aromatic nitrogens is 1. The number of methoxy groups -OCH3 is 1. The van der Waals surface area contributed by atoms with Crippen molar-refractivity contribution in [2.45, 2.75) is 43.8 Å². The Hall–Kier alpha value is -4.17. The van der Waals surface area contributed by atoms with Crippen molar-refractivity contribution in [1.82, 2.24) is 14.4 Å². The minimum atomic E-state index is -5.02. The molecule has 2 saturated heterocycles. The number of nitrogens with zero attached hydrogens (tertiary/aromatic N) is 4. The van der Waals surface area contributed by atoms with E-state index < -0.39 is 23.2 Å². The number of non-ortho nitro benzene ring substituents is 1. The molecule has 1 unspecified atom stereocenters. The molecule has 0 bridgehead atoms. The highest BCUT2D eigenvalue weighted by Crippen LogP contribution is 2.44. The Balaban J connectivity index is 1.18. The Labute approximate surface area is 276 Å². The second-order valence-corrected chi connectivity index (χ2v) is 12.4. The zero-order valence-corrected chi connectivity index (χ0v) is 26.7. The van der Waals surface area contributed by atoms with Crippen LogP contribution in [0.4, 0.5) is 18.9 Å². The third-order valence-electron chi connectivity index (χ3n) is 9.21. The molecule has 3 heterocycles. The summed E-state index contributed by atoms with van der Waals surface area (Å²) in [6.45, 7) is 3.93. The summed E-state index contributed by atoms with van der Waals surface area (Å²) >= 11 is 0. The fraction of sp³-hybridized carbons (Fsp3) is 0.429. The molecule has 2 aliphatic rings. The molecule has 2 aliphatic heterocycles. The molecule has 3 aromatic carbocycles. The number of alkyl halides is 3. The van der Waals surface area contributed by atoms with Crippen LogP contribution in [0, 0.1) is 10.1 Å². The highest BCUT2D eigenvalue weighted by atomic mass is 19.4. The molecule has 2 fully saturated rings. The fourth-order valence-corrected chi connectivity index (χ4v) is 6.58. The van der Waals surface area contributed by atoms with Gasteiger partial charge in [0.1, 0.15) is 6.10 Å². The summed E-state index contributed by atoms with van der Waals surface area (Å²) in [5.74, 6) is 1.18. The first-order valence-corrected chi connectivity index (χ1v) is 16.0. The van der Waals surface area contributed by atoms with Crippen LogP contribution in [-0.4, -0.2) is 89.7 Å². The number of ether oxygens (including phenoxy) is 3. The molecule has 1 aromatic heterocycles. The molecule has 13 heteroatoms. The molecule has 10 nitrogen and oxygen atoms in total. The summed E-state index contributed by atoms with van der Waals surface area (Å²) in [4.78, 5) is 14.9. The smallest absolute Gasteiger partial charge is 0.422 e. The number of hydrogen-bond acceptors (Lipinski definition) is 8. The number of aliphatic hydroxyl groups is 1. The van der Waals surface area contributed by atoms with Crippen LogP contribution in [-0.2, 0) is 23.4 Å². The number of fused-ring (bicyclic) bond motifs is 1. The summed E-state index contributed by atoms with van der Waals surface area (Å²) in [6, 6.07) is 18.6. The SMILES string of the molecule is COc1cc(CN2CCOCC2)ccc1OC1CCN(CC(O)(c2cn(Cc3ccccc3)c3cc([N+](=O)[O-])ccc23)C(F)(F)F)CC1. The predicted molar refractivity (Wildman–Crippen MR) is 173 cm³/mol. The van der Waals surface area contributed by atoms with Crippen LogP contribution in [0.2, 0.25) is 0 Å². The highest BCUT2D eigenvalue weighted by Gasteiger charge is 2.57. The van der Waals surface area contributed by atoms with Crippen LogP contribution in [0.5, 0.6) is 11.5 Å². The largest absolute Gasteiger partial charge is 0.493 e. The van der Waals surface area contributed by atoms with E-state index in [0.29, 0.717) is 37.6 Å². The molecule has 256 valence electrons. The van der Waals surface area contributed by atoms with Crippen molar-refractivity contribution in [1.29, 1.82) is 0 Å². The number of morpholine rings is 1. The maximum Gasteiger partial charge on any atom is 0.422 e. The lowest BCUT2D eigenvalue weighted by molar-refractivity contribution is -0.384. The Morgan fingerprint density at radius 2 is 1.65 bits per heavy atom. The van der Waals surface area contributed by atoms with Crippen LogP contribution < -0.4 is 9.47 Å². The van der Waals surface area contributed by atoms with Gasteiger partial charge in [0.2, 0.25) is 5.60 Å². The van der Waals surface area contributed by atoms with Gasteiger partial charge in [-0.2, -0.15) is 13.2 Å². The Morgan fingerprint density at radius 1 is 0.917 bits per heavy atom. The zero-order chi connectivity index (χ0) is 33.9. The Kier molecular flexibility index (Phi) is 9.93. The highest BCUT2D eigenvalue weighted by molar-refractivity contribution is 5.87. The minimum absolute atomic E-state index is 0.110. The lowest BCUT2D eigenvalue weighted by Gasteiger charge is -2.39.